The first-order valence-corrected chi connectivity index (χ1v) is 10.4. The number of nitrogens with zero attached hydrogens (tertiary/aromatic N) is 3. The Morgan fingerprint density at radius 3 is 2.85 bits per heavy atom. The highest BCUT2D eigenvalue weighted by Crippen LogP contribution is 2.57. The fourth-order valence-corrected chi connectivity index (χ4v) is 5.54. The van der Waals surface area contributed by atoms with Crippen LogP contribution < -0.4 is 5.32 Å². The van der Waals surface area contributed by atoms with E-state index in [1.807, 2.05) is 6.07 Å². The first-order chi connectivity index (χ1) is 13.1. The standard InChI is InChI=1S/C21H29N5O/c1-3-25(4-2)12-14-5-6-17-15(11-14)19(24-23-17)20(27)22-18-13-26-10-9-21(26)8-7-16(18)21/h5-6,11,16,18H,3-4,7-10,12-13H2,1-2H3,(H,22,27)(H,23,24)/t16-,18-,21?/m1/s1. The quantitative estimate of drug-likeness (QED) is 0.823. The van der Waals surface area contributed by atoms with Crippen LogP contribution in [0.25, 0.3) is 10.9 Å². The van der Waals surface area contributed by atoms with Gasteiger partial charge in [-0.05, 0) is 56.0 Å². The molecule has 5 rings (SSSR count). The van der Waals surface area contributed by atoms with Gasteiger partial charge in [0.25, 0.3) is 5.91 Å². The highest BCUT2D eigenvalue weighted by molar-refractivity contribution is 6.05. The number of amides is 1. The summed E-state index contributed by atoms with van der Waals surface area (Å²) in [5.41, 5.74) is 3.13. The van der Waals surface area contributed by atoms with E-state index in [2.05, 4.69) is 51.3 Å². The number of rotatable bonds is 6. The highest BCUT2D eigenvalue weighted by Gasteiger charge is 2.63. The van der Waals surface area contributed by atoms with Gasteiger partial charge in [-0.1, -0.05) is 19.9 Å². The zero-order chi connectivity index (χ0) is 18.6. The van der Waals surface area contributed by atoms with E-state index < -0.39 is 0 Å². The number of aromatic amines is 1. The number of carbonyl (C=O) groups excluding carboxylic acids is 1. The summed E-state index contributed by atoms with van der Waals surface area (Å²) in [5.74, 6) is 0.606. The molecule has 3 atom stereocenters. The molecule has 2 saturated heterocycles. The topological polar surface area (TPSA) is 64.3 Å². The number of fused-ring (bicyclic) bond motifs is 1. The molecule has 1 spiro atoms. The lowest BCUT2D eigenvalue weighted by Crippen LogP contribution is -2.64. The van der Waals surface area contributed by atoms with Crippen LogP contribution in [-0.4, -0.2) is 63.7 Å². The van der Waals surface area contributed by atoms with Crippen molar-refractivity contribution in [1.29, 1.82) is 0 Å². The van der Waals surface area contributed by atoms with Crippen LogP contribution in [0.1, 0.15) is 49.2 Å². The van der Waals surface area contributed by atoms with Crippen LogP contribution in [0.15, 0.2) is 18.2 Å². The van der Waals surface area contributed by atoms with Gasteiger partial charge in [0.15, 0.2) is 5.69 Å². The molecular weight excluding hydrogens is 338 g/mol. The number of carbonyl (C=O) groups is 1. The molecule has 27 heavy (non-hydrogen) atoms. The third-order valence-electron chi connectivity index (χ3n) is 7.39. The van der Waals surface area contributed by atoms with Gasteiger partial charge in [0.05, 0.1) is 5.52 Å². The van der Waals surface area contributed by atoms with Crippen LogP contribution in [0.2, 0.25) is 0 Å². The van der Waals surface area contributed by atoms with Crippen molar-refractivity contribution >= 4 is 16.8 Å². The Kier molecular flexibility index (Phi) is 4.02. The monoisotopic (exact) mass is 367 g/mol. The number of H-pyrrole nitrogens is 1. The molecule has 2 aromatic rings. The lowest BCUT2D eigenvalue weighted by molar-refractivity contribution is -0.0676. The van der Waals surface area contributed by atoms with Gasteiger partial charge in [0, 0.05) is 36.6 Å². The third kappa shape index (κ3) is 2.53. The van der Waals surface area contributed by atoms with Crippen molar-refractivity contribution in [3.05, 3.63) is 29.5 Å². The molecule has 1 aromatic heterocycles. The number of hydrogen-bond donors (Lipinski definition) is 2. The summed E-state index contributed by atoms with van der Waals surface area (Å²) in [4.78, 5) is 18.0. The summed E-state index contributed by atoms with van der Waals surface area (Å²) in [6.45, 7) is 9.50. The molecule has 3 aliphatic rings. The lowest BCUT2D eigenvalue weighted by atomic mass is 9.61. The molecule has 3 fully saturated rings. The molecule has 2 aliphatic heterocycles. The van der Waals surface area contributed by atoms with Gasteiger partial charge in [-0.15, -0.1) is 0 Å². The van der Waals surface area contributed by atoms with Crippen molar-refractivity contribution < 1.29 is 4.79 Å². The van der Waals surface area contributed by atoms with Gasteiger partial charge < -0.3 is 5.32 Å². The molecule has 1 aromatic carbocycles. The minimum absolute atomic E-state index is 0.0317. The van der Waals surface area contributed by atoms with E-state index in [0.717, 1.165) is 37.1 Å². The third-order valence-corrected chi connectivity index (χ3v) is 7.39. The fourth-order valence-electron chi connectivity index (χ4n) is 5.54. The van der Waals surface area contributed by atoms with Crippen molar-refractivity contribution in [2.24, 2.45) is 5.92 Å². The van der Waals surface area contributed by atoms with E-state index in [0.29, 0.717) is 17.2 Å². The average molecular weight is 367 g/mol. The van der Waals surface area contributed by atoms with Crippen molar-refractivity contribution in [2.45, 2.75) is 51.2 Å². The van der Waals surface area contributed by atoms with Crippen molar-refractivity contribution in [3.63, 3.8) is 0 Å². The van der Waals surface area contributed by atoms with Crippen LogP contribution in [0.4, 0.5) is 0 Å². The summed E-state index contributed by atoms with van der Waals surface area (Å²) in [7, 11) is 0. The number of nitrogens with one attached hydrogen (secondary N) is 2. The van der Waals surface area contributed by atoms with Gasteiger partial charge in [-0.25, -0.2) is 0 Å². The summed E-state index contributed by atoms with van der Waals surface area (Å²) < 4.78 is 0. The molecule has 144 valence electrons. The van der Waals surface area contributed by atoms with E-state index in [9.17, 15) is 4.79 Å². The fraction of sp³-hybridized carbons (Fsp3) is 0.619. The van der Waals surface area contributed by atoms with E-state index in [4.69, 9.17) is 0 Å². The van der Waals surface area contributed by atoms with Gasteiger partial charge in [0.2, 0.25) is 0 Å². The zero-order valence-corrected chi connectivity index (χ0v) is 16.3. The second-order valence-corrected chi connectivity index (χ2v) is 8.44. The Morgan fingerprint density at radius 2 is 2.22 bits per heavy atom. The maximum Gasteiger partial charge on any atom is 0.272 e. The van der Waals surface area contributed by atoms with Gasteiger partial charge in [-0.2, -0.15) is 5.10 Å². The lowest BCUT2D eigenvalue weighted by Gasteiger charge is -2.58. The number of aromatic nitrogens is 2. The Balaban J connectivity index is 1.35. The minimum atomic E-state index is -0.0317. The van der Waals surface area contributed by atoms with Crippen LogP contribution >= 0.6 is 0 Å². The predicted molar refractivity (Wildman–Crippen MR) is 106 cm³/mol. The smallest absolute Gasteiger partial charge is 0.272 e. The molecule has 1 aliphatic carbocycles. The van der Waals surface area contributed by atoms with Crippen LogP contribution in [0.3, 0.4) is 0 Å². The summed E-state index contributed by atoms with van der Waals surface area (Å²) in [6, 6.07) is 6.57. The second kappa shape index (κ2) is 6.31. The Labute approximate surface area is 160 Å². The maximum absolute atomic E-state index is 13.0. The number of benzene rings is 1. The van der Waals surface area contributed by atoms with Crippen LogP contribution in [0.5, 0.6) is 0 Å². The molecule has 2 N–H and O–H groups in total. The van der Waals surface area contributed by atoms with Gasteiger partial charge >= 0.3 is 0 Å². The highest BCUT2D eigenvalue weighted by atomic mass is 16.2. The molecule has 1 saturated carbocycles. The first kappa shape index (κ1) is 17.2. The summed E-state index contributed by atoms with van der Waals surface area (Å²) in [6.07, 6.45) is 3.87. The SMILES string of the molecule is CCN(CC)Cc1ccc2[nH]nc(C(=O)N[C@@H]3CN4CCC45CC[C@H]35)c2c1. The van der Waals surface area contributed by atoms with Gasteiger partial charge in [-0.3, -0.25) is 19.7 Å². The molecule has 6 heteroatoms. The predicted octanol–water partition coefficient (Wildman–Crippen LogP) is 2.37. The molecule has 3 heterocycles. The van der Waals surface area contributed by atoms with Crippen LogP contribution in [0, 0.1) is 5.92 Å². The molecule has 0 radical (unpaired) electrons. The number of hydrogen-bond acceptors (Lipinski definition) is 4. The van der Waals surface area contributed by atoms with E-state index >= 15 is 0 Å². The van der Waals surface area contributed by atoms with Gasteiger partial charge in [0.1, 0.15) is 0 Å². The summed E-state index contributed by atoms with van der Waals surface area (Å²) in [5, 5.41) is 11.6. The van der Waals surface area contributed by atoms with Crippen molar-refractivity contribution in [3.8, 4) is 0 Å². The second-order valence-electron chi connectivity index (χ2n) is 8.44. The largest absolute Gasteiger partial charge is 0.346 e. The molecule has 6 nitrogen and oxygen atoms in total. The van der Waals surface area contributed by atoms with Crippen molar-refractivity contribution in [1.82, 2.24) is 25.3 Å². The molecular formula is C21H29N5O. The normalized spacial score (nSPS) is 29.3. The molecule has 1 unspecified atom stereocenters. The summed E-state index contributed by atoms with van der Waals surface area (Å²) >= 11 is 0. The van der Waals surface area contributed by atoms with Crippen molar-refractivity contribution in [2.75, 3.05) is 26.2 Å². The average Bonchev–Trinajstić information content (AvgIpc) is 3.10. The minimum Gasteiger partial charge on any atom is -0.346 e. The molecule has 1 amide bonds. The van der Waals surface area contributed by atoms with E-state index in [-0.39, 0.29) is 11.9 Å². The first-order valence-electron chi connectivity index (χ1n) is 10.4. The Morgan fingerprint density at radius 1 is 1.37 bits per heavy atom. The Bertz CT molecular complexity index is 869. The Hall–Kier alpha value is -1.92. The van der Waals surface area contributed by atoms with E-state index in [1.165, 1.54) is 31.4 Å². The van der Waals surface area contributed by atoms with E-state index in [1.54, 1.807) is 0 Å². The maximum atomic E-state index is 13.0. The molecule has 0 bridgehead atoms. The zero-order valence-electron chi connectivity index (χ0n) is 16.3. The van der Waals surface area contributed by atoms with Crippen LogP contribution in [-0.2, 0) is 6.54 Å².